The van der Waals surface area contributed by atoms with Crippen LogP contribution in [0.25, 0.3) is 22.2 Å². The highest BCUT2D eigenvalue weighted by Gasteiger charge is 2.35. The number of aromatic nitrogens is 4. The summed E-state index contributed by atoms with van der Waals surface area (Å²) in [5.74, 6) is 2.33. The number of carbonyl (C=O) groups is 1. The number of benzene rings is 2. The maximum atomic E-state index is 13.5. The SMILES string of the molecule is CC1(C)Oc2cccc(C[C@H](NC(=O)[C@H]3CC[C@H](CN)CC3)c3nc(-c4ccc5c(N)n[nH]c5c4)c[nH]3)c2O1. The van der Waals surface area contributed by atoms with E-state index in [9.17, 15) is 4.79 Å². The second-order valence-corrected chi connectivity index (χ2v) is 11.1. The highest BCUT2D eigenvalue weighted by atomic mass is 16.7. The summed E-state index contributed by atoms with van der Waals surface area (Å²) in [5.41, 5.74) is 15.3. The monoisotopic (exact) mass is 529 g/mol. The Kier molecular flexibility index (Phi) is 6.42. The molecular weight excluding hydrogens is 494 g/mol. The van der Waals surface area contributed by atoms with Crippen molar-refractivity contribution < 1.29 is 14.3 Å². The van der Waals surface area contributed by atoms with Gasteiger partial charge in [-0.1, -0.05) is 18.2 Å². The van der Waals surface area contributed by atoms with Crippen molar-refractivity contribution in [1.29, 1.82) is 0 Å². The smallest absolute Gasteiger partial charge is 0.246 e. The molecule has 0 saturated heterocycles. The van der Waals surface area contributed by atoms with Crippen molar-refractivity contribution in [1.82, 2.24) is 25.5 Å². The molecule has 6 rings (SSSR count). The van der Waals surface area contributed by atoms with Crippen molar-refractivity contribution in [2.45, 2.75) is 57.8 Å². The number of nitrogens with one attached hydrogen (secondary N) is 3. The summed E-state index contributed by atoms with van der Waals surface area (Å²) in [6.07, 6.45) is 6.02. The molecule has 0 spiro atoms. The average Bonchev–Trinajstić information content (AvgIpc) is 3.65. The number of imidazole rings is 1. The van der Waals surface area contributed by atoms with E-state index in [1.807, 2.05) is 56.4 Å². The maximum Gasteiger partial charge on any atom is 0.246 e. The molecule has 1 amide bonds. The first-order valence-electron chi connectivity index (χ1n) is 13.6. The van der Waals surface area contributed by atoms with Gasteiger partial charge in [0.15, 0.2) is 17.3 Å². The van der Waals surface area contributed by atoms with Gasteiger partial charge in [0, 0.05) is 48.9 Å². The van der Waals surface area contributed by atoms with Gasteiger partial charge in [-0.15, -0.1) is 0 Å². The maximum absolute atomic E-state index is 13.5. The normalized spacial score (nSPS) is 20.7. The van der Waals surface area contributed by atoms with Crippen LogP contribution >= 0.6 is 0 Å². The van der Waals surface area contributed by atoms with Gasteiger partial charge in [0.05, 0.1) is 17.3 Å². The first-order valence-corrected chi connectivity index (χ1v) is 13.6. The number of rotatable bonds is 7. The number of fused-ring (bicyclic) bond motifs is 2. The zero-order valence-electron chi connectivity index (χ0n) is 22.3. The van der Waals surface area contributed by atoms with E-state index in [4.69, 9.17) is 25.9 Å². The fraction of sp³-hybridized carbons (Fsp3) is 0.414. The van der Waals surface area contributed by atoms with Crippen molar-refractivity contribution in [3.05, 3.63) is 54.0 Å². The molecule has 3 heterocycles. The molecule has 1 aliphatic heterocycles. The predicted molar refractivity (Wildman–Crippen MR) is 149 cm³/mol. The Balaban J connectivity index is 1.29. The molecular formula is C29H35N7O3. The first kappa shape index (κ1) is 25.2. The summed E-state index contributed by atoms with van der Waals surface area (Å²) in [6.45, 7) is 4.45. The minimum atomic E-state index is -0.745. The highest BCUT2D eigenvalue weighted by Crippen LogP contribution is 2.43. The Labute approximate surface area is 226 Å². The lowest BCUT2D eigenvalue weighted by Crippen LogP contribution is -2.37. The number of ether oxygens (including phenoxy) is 2. The van der Waals surface area contributed by atoms with E-state index >= 15 is 0 Å². The number of carbonyl (C=O) groups excluding carboxylic acids is 1. The van der Waals surface area contributed by atoms with Crippen LogP contribution in [0.15, 0.2) is 42.6 Å². The van der Waals surface area contributed by atoms with Crippen LogP contribution in [0.3, 0.4) is 0 Å². The number of para-hydroxylation sites is 1. The van der Waals surface area contributed by atoms with Gasteiger partial charge in [0.1, 0.15) is 5.82 Å². The van der Waals surface area contributed by atoms with Crippen LogP contribution in [0.5, 0.6) is 11.5 Å². The minimum absolute atomic E-state index is 0.0296. The molecule has 0 bridgehead atoms. The van der Waals surface area contributed by atoms with Gasteiger partial charge in [0.25, 0.3) is 0 Å². The fourth-order valence-electron chi connectivity index (χ4n) is 5.70. The lowest BCUT2D eigenvalue weighted by Gasteiger charge is -2.28. The largest absolute Gasteiger partial charge is 0.449 e. The number of aromatic amines is 2. The third kappa shape index (κ3) is 5.04. The Morgan fingerprint density at radius 2 is 2.00 bits per heavy atom. The van der Waals surface area contributed by atoms with Gasteiger partial charge in [-0.25, -0.2) is 4.98 Å². The first-order chi connectivity index (χ1) is 18.8. The summed E-state index contributed by atoms with van der Waals surface area (Å²) in [7, 11) is 0. The Morgan fingerprint density at radius 3 is 2.79 bits per heavy atom. The van der Waals surface area contributed by atoms with Gasteiger partial charge in [-0.2, -0.15) is 5.10 Å². The molecule has 204 valence electrons. The molecule has 2 aromatic carbocycles. The quantitative estimate of drug-likeness (QED) is 0.240. The van der Waals surface area contributed by atoms with E-state index in [1.54, 1.807) is 0 Å². The predicted octanol–water partition coefficient (Wildman–Crippen LogP) is 4.21. The van der Waals surface area contributed by atoms with E-state index < -0.39 is 5.79 Å². The molecule has 7 N–H and O–H groups in total. The van der Waals surface area contributed by atoms with E-state index in [1.165, 1.54) is 0 Å². The second-order valence-electron chi connectivity index (χ2n) is 11.1. The standard InChI is InChI=1S/C29H35N7O3/c1-29(2)38-24-5-3-4-19(25(24)39-29)13-22(34-28(37)17-8-6-16(14-30)7-9-17)27-32-15-23(33-27)18-10-11-20-21(12-18)35-36-26(20)31/h3-5,10-12,15-17,22H,6-9,13-14,30H2,1-2H3,(H,32,33)(H,34,37)(H3,31,35,36)/t16-,17-,22-/m0/s1. The number of hydrogen-bond acceptors (Lipinski definition) is 7. The molecule has 2 aromatic heterocycles. The summed E-state index contributed by atoms with van der Waals surface area (Å²) < 4.78 is 12.1. The van der Waals surface area contributed by atoms with Crippen LogP contribution in [0, 0.1) is 11.8 Å². The fourth-order valence-corrected chi connectivity index (χ4v) is 5.70. The summed E-state index contributed by atoms with van der Waals surface area (Å²) in [4.78, 5) is 21.7. The zero-order valence-corrected chi connectivity index (χ0v) is 22.3. The third-order valence-corrected chi connectivity index (χ3v) is 7.87. The van der Waals surface area contributed by atoms with Gasteiger partial charge in [-0.3, -0.25) is 9.89 Å². The number of H-pyrrole nitrogens is 2. The van der Waals surface area contributed by atoms with Crippen molar-refractivity contribution >= 4 is 22.6 Å². The number of anilines is 1. The Morgan fingerprint density at radius 1 is 1.18 bits per heavy atom. The van der Waals surface area contributed by atoms with E-state index in [0.717, 1.165) is 53.4 Å². The zero-order chi connectivity index (χ0) is 27.1. The Hall–Kier alpha value is -4.05. The van der Waals surface area contributed by atoms with E-state index in [-0.39, 0.29) is 17.9 Å². The molecule has 10 nitrogen and oxygen atoms in total. The van der Waals surface area contributed by atoms with Crippen LogP contribution < -0.4 is 26.3 Å². The molecule has 0 unspecified atom stereocenters. The third-order valence-electron chi connectivity index (χ3n) is 7.87. The topological polar surface area (TPSA) is 157 Å². The molecule has 4 aromatic rings. The number of nitrogen functional groups attached to an aromatic ring is 1. The van der Waals surface area contributed by atoms with Gasteiger partial charge >= 0.3 is 0 Å². The molecule has 1 atom stereocenters. The highest BCUT2D eigenvalue weighted by molar-refractivity contribution is 5.91. The number of hydrogen-bond donors (Lipinski definition) is 5. The van der Waals surface area contributed by atoms with Gasteiger partial charge < -0.3 is 31.2 Å². The molecule has 1 saturated carbocycles. The van der Waals surface area contributed by atoms with Crippen LogP contribution in [0.1, 0.15) is 57.0 Å². The summed E-state index contributed by atoms with van der Waals surface area (Å²) in [6, 6.07) is 11.3. The van der Waals surface area contributed by atoms with Crippen LogP contribution in [0.2, 0.25) is 0 Å². The summed E-state index contributed by atoms with van der Waals surface area (Å²) in [5, 5.41) is 11.2. The van der Waals surface area contributed by atoms with Gasteiger partial charge in [0.2, 0.25) is 11.7 Å². The molecule has 2 aliphatic rings. The van der Waals surface area contributed by atoms with Crippen molar-refractivity contribution in [3.63, 3.8) is 0 Å². The minimum Gasteiger partial charge on any atom is -0.449 e. The molecule has 0 radical (unpaired) electrons. The lowest BCUT2D eigenvalue weighted by atomic mass is 9.81. The number of nitrogens with zero attached hydrogens (tertiary/aromatic N) is 2. The van der Waals surface area contributed by atoms with E-state index in [0.29, 0.717) is 42.0 Å². The molecule has 10 heteroatoms. The van der Waals surface area contributed by atoms with E-state index in [2.05, 4.69) is 20.5 Å². The van der Waals surface area contributed by atoms with Crippen molar-refractivity contribution in [2.24, 2.45) is 17.6 Å². The lowest BCUT2D eigenvalue weighted by molar-refractivity contribution is -0.127. The molecule has 1 fully saturated rings. The van der Waals surface area contributed by atoms with Gasteiger partial charge in [-0.05, 0) is 56.3 Å². The number of amides is 1. The summed E-state index contributed by atoms with van der Waals surface area (Å²) >= 11 is 0. The van der Waals surface area contributed by atoms with Crippen molar-refractivity contribution in [2.75, 3.05) is 12.3 Å². The van der Waals surface area contributed by atoms with Crippen LogP contribution in [-0.2, 0) is 11.2 Å². The van der Waals surface area contributed by atoms with Crippen LogP contribution in [0.4, 0.5) is 5.82 Å². The number of nitrogens with two attached hydrogens (primary N) is 2. The second kappa shape index (κ2) is 9.92. The molecule has 39 heavy (non-hydrogen) atoms. The van der Waals surface area contributed by atoms with Crippen LogP contribution in [-0.4, -0.2) is 38.4 Å². The molecule has 1 aliphatic carbocycles. The average molecular weight is 530 g/mol. The van der Waals surface area contributed by atoms with Crippen molar-refractivity contribution in [3.8, 4) is 22.8 Å². The Bertz CT molecular complexity index is 1500.